The van der Waals surface area contributed by atoms with Crippen LogP contribution >= 0.6 is 0 Å². The number of benzene rings is 1. The van der Waals surface area contributed by atoms with Crippen molar-refractivity contribution in [3.05, 3.63) is 52.9 Å². The van der Waals surface area contributed by atoms with E-state index in [2.05, 4.69) is 4.98 Å². The molecule has 1 aromatic carbocycles. The first-order valence-corrected chi connectivity index (χ1v) is 5.68. The largest absolute Gasteiger partial charge is 0.309 e. The standard InChI is InChI=1S/C14H12N2O/c1-2-16-13-7-6-12-10(4-3-9-15-12)11(13)5-8-14(16)17/h3-9H,2H2,1H3. The Bertz CT molecular complexity index is 759. The number of pyridine rings is 2. The van der Waals surface area contributed by atoms with Gasteiger partial charge in [-0.15, -0.1) is 0 Å². The number of aryl methyl sites for hydroxylation is 1. The van der Waals surface area contributed by atoms with Gasteiger partial charge in [-0.25, -0.2) is 0 Å². The Morgan fingerprint density at radius 2 is 2.00 bits per heavy atom. The van der Waals surface area contributed by atoms with Gasteiger partial charge in [-0.1, -0.05) is 6.07 Å². The molecule has 0 spiro atoms. The Hall–Kier alpha value is -2.16. The normalized spacial score (nSPS) is 11.1. The van der Waals surface area contributed by atoms with Crippen molar-refractivity contribution in [3.8, 4) is 0 Å². The van der Waals surface area contributed by atoms with Gasteiger partial charge in [0.05, 0.1) is 11.0 Å². The maximum absolute atomic E-state index is 11.7. The van der Waals surface area contributed by atoms with Gasteiger partial charge in [0.1, 0.15) is 0 Å². The Kier molecular flexibility index (Phi) is 2.18. The molecule has 2 heterocycles. The van der Waals surface area contributed by atoms with Gasteiger partial charge in [-0.3, -0.25) is 9.78 Å². The predicted molar refractivity (Wildman–Crippen MR) is 69.2 cm³/mol. The maximum atomic E-state index is 11.7. The van der Waals surface area contributed by atoms with E-state index in [1.54, 1.807) is 16.8 Å². The smallest absolute Gasteiger partial charge is 0.251 e. The van der Waals surface area contributed by atoms with Crippen molar-refractivity contribution in [2.24, 2.45) is 0 Å². The number of fused-ring (bicyclic) bond motifs is 3. The highest BCUT2D eigenvalue weighted by Gasteiger charge is 2.04. The molecule has 0 aliphatic carbocycles. The zero-order valence-corrected chi connectivity index (χ0v) is 9.55. The van der Waals surface area contributed by atoms with Crippen LogP contribution in [-0.4, -0.2) is 9.55 Å². The van der Waals surface area contributed by atoms with Crippen molar-refractivity contribution < 1.29 is 0 Å². The van der Waals surface area contributed by atoms with Gasteiger partial charge in [0, 0.05) is 29.6 Å². The van der Waals surface area contributed by atoms with E-state index in [4.69, 9.17) is 0 Å². The SMILES string of the molecule is CCn1c(=O)ccc2c3cccnc3ccc21. The molecule has 3 aromatic rings. The Labute approximate surface area is 98.3 Å². The highest BCUT2D eigenvalue weighted by atomic mass is 16.1. The van der Waals surface area contributed by atoms with E-state index < -0.39 is 0 Å². The molecular formula is C14H12N2O. The summed E-state index contributed by atoms with van der Waals surface area (Å²) in [7, 11) is 0. The van der Waals surface area contributed by atoms with E-state index in [9.17, 15) is 4.79 Å². The fourth-order valence-corrected chi connectivity index (χ4v) is 2.26. The van der Waals surface area contributed by atoms with Gasteiger partial charge >= 0.3 is 0 Å². The van der Waals surface area contributed by atoms with E-state index >= 15 is 0 Å². The van der Waals surface area contributed by atoms with Crippen LogP contribution in [0, 0.1) is 0 Å². The fourth-order valence-electron chi connectivity index (χ4n) is 2.26. The summed E-state index contributed by atoms with van der Waals surface area (Å²) >= 11 is 0. The van der Waals surface area contributed by atoms with Gasteiger partial charge in [-0.2, -0.15) is 0 Å². The number of hydrogen-bond donors (Lipinski definition) is 0. The third-order valence-electron chi connectivity index (χ3n) is 3.07. The lowest BCUT2D eigenvalue weighted by Crippen LogP contribution is -2.17. The van der Waals surface area contributed by atoms with Gasteiger partial charge < -0.3 is 4.57 Å². The molecule has 3 nitrogen and oxygen atoms in total. The molecule has 3 rings (SSSR count). The molecule has 17 heavy (non-hydrogen) atoms. The van der Waals surface area contributed by atoms with E-state index in [-0.39, 0.29) is 5.56 Å². The molecule has 2 aromatic heterocycles. The van der Waals surface area contributed by atoms with Crippen LogP contribution in [0.5, 0.6) is 0 Å². The highest BCUT2D eigenvalue weighted by molar-refractivity contribution is 6.04. The molecule has 0 saturated carbocycles. The molecule has 3 heteroatoms. The van der Waals surface area contributed by atoms with E-state index in [1.165, 1.54) is 0 Å². The first-order valence-electron chi connectivity index (χ1n) is 5.68. The van der Waals surface area contributed by atoms with Crippen molar-refractivity contribution in [1.82, 2.24) is 9.55 Å². The van der Waals surface area contributed by atoms with Crippen molar-refractivity contribution in [1.29, 1.82) is 0 Å². The quantitative estimate of drug-likeness (QED) is 0.595. The Balaban J connectivity index is 2.57. The first-order chi connectivity index (χ1) is 8.31. The van der Waals surface area contributed by atoms with Gasteiger partial charge in [0.2, 0.25) is 0 Å². The molecule has 0 bridgehead atoms. The summed E-state index contributed by atoms with van der Waals surface area (Å²) in [4.78, 5) is 16.1. The van der Waals surface area contributed by atoms with Crippen LogP contribution in [0.1, 0.15) is 6.92 Å². The molecule has 84 valence electrons. The van der Waals surface area contributed by atoms with Crippen LogP contribution in [0.25, 0.3) is 21.8 Å². The zero-order valence-electron chi connectivity index (χ0n) is 9.55. The summed E-state index contributed by atoms with van der Waals surface area (Å²) in [6.45, 7) is 2.66. The van der Waals surface area contributed by atoms with Crippen molar-refractivity contribution in [3.63, 3.8) is 0 Å². The van der Waals surface area contributed by atoms with E-state index in [1.807, 2.05) is 37.3 Å². The first kappa shape index (κ1) is 10.0. The van der Waals surface area contributed by atoms with Crippen LogP contribution in [0.4, 0.5) is 0 Å². The second-order valence-electron chi connectivity index (χ2n) is 3.98. The number of rotatable bonds is 1. The second kappa shape index (κ2) is 3.70. The topological polar surface area (TPSA) is 34.9 Å². The second-order valence-corrected chi connectivity index (χ2v) is 3.98. The molecule has 0 unspecified atom stereocenters. The van der Waals surface area contributed by atoms with Crippen LogP contribution in [0.2, 0.25) is 0 Å². The summed E-state index contributed by atoms with van der Waals surface area (Å²) < 4.78 is 1.78. The number of aromatic nitrogens is 2. The Morgan fingerprint density at radius 3 is 2.82 bits per heavy atom. The van der Waals surface area contributed by atoms with E-state index in [0.717, 1.165) is 21.8 Å². The molecular weight excluding hydrogens is 212 g/mol. The monoisotopic (exact) mass is 224 g/mol. The lowest BCUT2D eigenvalue weighted by molar-refractivity contribution is 0.760. The van der Waals surface area contributed by atoms with E-state index in [0.29, 0.717) is 6.54 Å². The average Bonchev–Trinajstić information content (AvgIpc) is 2.38. The molecule has 0 fully saturated rings. The molecule has 0 aliphatic heterocycles. The van der Waals surface area contributed by atoms with Gasteiger partial charge in [0.15, 0.2) is 0 Å². The summed E-state index contributed by atoms with van der Waals surface area (Å²) in [6, 6.07) is 11.4. The zero-order chi connectivity index (χ0) is 11.8. The fraction of sp³-hybridized carbons (Fsp3) is 0.143. The summed E-state index contributed by atoms with van der Waals surface area (Å²) in [5, 5.41) is 2.17. The molecule has 0 amide bonds. The third-order valence-corrected chi connectivity index (χ3v) is 3.07. The Morgan fingerprint density at radius 1 is 1.12 bits per heavy atom. The van der Waals surface area contributed by atoms with Crippen molar-refractivity contribution >= 4 is 21.8 Å². The molecule has 0 N–H and O–H groups in total. The van der Waals surface area contributed by atoms with Crippen LogP contribution in [0.15, 0.2) is 47.4 Å². The highest BCUT2D eigenvalue weighted by Crippen LogP contribution is 2.22. The summed E-state index contributed by atoms with van der Waals surface area (Å²) in [6.07, 6.45) is 1.78. The van der Waals surface area contributed by atoms with Crippen LogP contribution in [-0.2, 0) is 6.54 Å². The molecule has 0 atom stereocenters. The molecule has 0 aliphatic rings. The molecule has 0 radical (unpaired) electrons. The molecule has 0 saturated heterocycles. The number of hydrogen-bond acceptors (Lipinski definition) is 2. The van der Waals surface area contributed by atoms with Crippen molar-refractivity contribution in [2.75, 3.05) is 0 Å². The third kappa shape index (κ3) is 1.43. The van der Waals surface area contributed by atoms with Crippen LogP contribution < -0.4 is 5.56 Å². The average molecular weight is 224 g/mol. The summed E-state index contributed by atoms with van der Waals surface area (Å²) in [5.74, 6) is 0. The summed E-state index contributed by atoms with van der Waals surface area (Å²) in [5.41, 5.74) is 1.98. The minimum absolute atomic E-state index is 0.0447. The van der Waals surface area contributed by atoms with Crippen LogP contribution in [0.3, 0.4) is 0 Å². The minimum Gasteiger partial charge on any atom is -0.309 e. The lowest BCUT2D eigenvalue weighted by atomic mass is 10.1. The lowest BCUT2D eigenvalue weighted by Gasteiger charge is -2.09. The van der Waals surface area contributed by atoms with Gasteiger partial charge in [0.25, 0.3) is 5.56 Å². The maximum Gasteiger partial charge on any atom is 0.251 e. The van der Waals surface area contributed by atoms with Gasteiger partial charge in [-0.05, 0) is 31.2 Å². The van der Waals surface area contributed by atoms with Crippen molar-refractivity contribution in [2.45, 2.75) is 13.5 Å². The minimum atomic E-state index is 0.0447. The number of nitrogens with zero attached hydrogens (tertiary/aromatic N) is 2. The predicted octanol–water partition coefficient (Wildman–Crippen LogP) is 2.57.